The summed E-state index contributed by atoms with van der Waals surface area (Å²) in [5, 5.41) is 13.1. The molecule has 0 amide bonds. The van der Waals surface area contributed by atoms with E-state index in [4.69, 9.17) is 0 Å². The Hall–Kier alpha value is -1.20. The fraction of sp³-hybridized carbons (Fsp3) is 0.412. The number of halogens is 3. The maximum absolute atomic E-state index is 13.4. The van der Waals surface area contributed by atoms with Crippen molar-refractivity contribution in [3.8, 4) is 5.75 Å². The van der Waals surface area contributed by atoms with Crippen molar-refractivity contribution >= 4 is 17.0 Å². The molecule has 2 N–H and O–H groups in total. The fourth-order valence-corrected chi connectivity index (χ4v) is 3.30. The van der Waals surface area contributed by atoms with E-state index in [1.807, 2.05) is 0 Å². The van der Waals surface area contributed by atoms with Crippen LogP contribution in [0.15, 0.2) is 35.9 Å². The van der Waals surface area contributed by atoms with Crippen LogP contribution in [-0.4, -0.2) is 18.2 Å². The van der Waals surface area contributed by atoms with Crippen molar-refractivity contribution in [2.45, 2.75) is 19.3 Å². The summed E-state index contributed by atoms with van der Waals surface area (Å²) in [6.45, 7) is 1.67. The predicted octanol–water partition coefficient (Wildman–Crippen LogP) is 3.90. The first-order valence-electron chi connectivity index (χ1n) is 7.39. The Morgan fingerprint density at radius 2 is 2.00 bits per heavy atom. The molecule has 0 bridgehead atoms. The molecule has 2 nitrogen and oxygen atoms in total. The second-order valence-electron chi connectivity index (χ2n) is 5.81. The number of phenolic OH excluding ortho intramolecular Hbond substituents is 1. The van der Waals surface area contributed by atoms with Gasteiger partial charge in [0.05, 0.1) is 0 Å². The van der Waals surface area contributed by atoms with Crippen molar-refractivity contribution in [2.75, 3.05) is 13.1 Å². The summed E-state index contributed by atoms with van der Waals surface area (Å²) in [7, 11) is 0. The predicted molar refractivity (Wildman–Crippen MR) is 88.4 cm³/mol. The molecular weight excluding hydrogens is 352 g/mol. The number of hydrogen-bond donors (Lipinski definition) is 2. The molecular formula is C17H20BrF2NO. The quantitative estimate of drug-likeness (QED) is 0.844. The van der Waals surface area contributed by atoms with Gasteiger partial charge in [-0.2, -0.15) is 0 Å². The molecule has 22 heavy (non-hydrogen) atoms. The highest BCUT2D eigenvalue weighted by molar-refractivity contribution is 8.93. The van der Waals surface area contributed by atoms with Gasteiger partial charge >= 0.3 is 0 Å². The Balaban J connectivity index is 0.00000176. The van der Waals surface area contributed by atoms with Crippen LogP contribution in [-0.2, 0) is 6.42 Å². The third kappa shape index (κ3) is 3.58. The average Bonchev–Trinajstić information content (AvgIpc) is 2.93. The zero-order chi connectivity index (χ0) is 14.8. The van der Waals surface area contributed by atoms with Gasteiger partial charge in [-0.3, -0.25) is 0 Å². The number of phenols is 1. The van der Waals surface area contributed by atoms with E-state index in [0.29, 0.717) is 17.9 Å². The lowest BCUT2D eigenvalue weighted by Crippen LogP contribution is -2.17. The van der Waals surface area contributed by atoms with E-state index >= 15 is 0 Å². The molecule has 2 unspecified atom stereocenters. The molecule has 1 aliphatic heterocycles. The molecule has 0 saturated carbocycles. The monoisotopic (exact) mass is 371 g/mol. The molecule has 1 aromatic carbocycles. The lowest BCUT2D eigenvalue weighted by Gasteiger charge is -2.22. The number of aromatic hydroxyl groups is 1. The van der Waals surface area contributed by atoms with Crippen molar-refractivity contribution in [3.05, 3.63) is 53.1 Å². The molecule has 3 rings (SSSR count). The molecule has 0 spiro atoms. The van der Waals surface area contributed by atoms with Gasteiger partial charge in [0.2, 0.25) is 0 Å². The molecule has 2 atom stereocenters. The molecule has 1 saturated heterocycles. The van der Waals surface area contributed by atoms with Gasteiger partial charge in [-0.05, 0) is 43.4 Å². The first-order chi connectivity index (χ1) is 10.1. The highest BCUT2D eigenvalue weighted by Gasteiger charge is 2.30. The Morgan fingerprint density at radius 1 is 1.18 bits per heavy atom. The molecule has 0 radical (unpaired) electrons. The van der Waals surface area contributed by atoms with Crippen LogP contribution in [0.4, 0.5) is 8.78 Å². The molecule has 1 heterocycles. The first-order valence-corrected chi connectivity index (χ1v) is 7.39. The van der Waals surface area contributed by atoms with E-state index in [1.165, 1.54) is 11.6 Å². The standard InChI is InChI=1S/C17H19F2NO.BrH/c18-14-7-12(17(21)16(19)8-14)6-13-9-20-10-15(13)11-4-2-1-3-5-11;/h2,4-5,7-8,13,15,20-21H,1,3,6,9-10H2;1H. The van der Waals surface area contributed by atoms with Crippen LogP contribution >= 0.6 is 17.0 Å². The van der Waals surface area contributed by atoms with E-state index in [-0.39, 0.29) is 22.9 Å². The van der Waals surface area contributed by atoms with Crippen LogP contribution in [0.5, 0.6) is 5.75 Å². The van der Waals surface area contributed by atoms with Crippen molar-refractivity contribution < 1.29 is 13.9 Å². The lowest BCUT2D eigenvalue weighted by atomic mass is 9.82. The topological polar surface area (TPSA) is 32.3 Å². The zero-order valence-corrected chi connectivity index (χ0v) is 13.9. The second-order valence-corrected chi connectivity index (χ2v) is 5.81. The van der Waals surface area contributed by atoms with Crippen LogP contribution < -0.4 is 5.32 Å². The van der Waals surface area contributed by atoms with Gasteiger partial charge in [-0.25, -0.2) is 8.78 Å². The van der Waals surface area contributed by atoms with Crippen LogP contribution in [0.1, 0.15) is 18.4 Å². The van der Waals surface area contributed by atoms with Gasteiger partial charge in [0, 0.05) is 24.1 Å². The summed E-state index contributed by atoms with van der Waals surface area (Å²) in [6, 6.07) is 1.95. The van der Waals surface area contributed by atoms with Gasteiger partial charge in [0.15, 0.2) is 11.6 Å². The van der Waals surface area contributed by atoms with Gasteiger partial charge < -0.3 is 10.4 Å². The van der Waals surface area contributed by atoms with Crippen molar-refractivity contribution in [1.82, 2.24) is 5.32 Å². The molecule has 5 heteroatoms. The van der Waals surface area contributed by atoms with E-state index in [2.05, 4.69) is 23.5 Å². The molecule has 1 aromatic rings. The minimum Gasteiger partial charge on any atom is -0.505 e. The maximum atomic E-state index is 13.4. The van der Waals surface area contributed by atoms with Crippen molar-refractivity contribution in [2.24, 2.45) is 11.8 Å². The van der Waals surface area contributed by atoms with E-state index in [0.717, 1.165) is 32.0 Å². The molecule has 1 aliphatic carbocycles. The second kappa shape index (κ2) is 7.38. The highest BCUT2D eigenvalue weighted by Crippen LogP contribution is 2.33. The average molecular weight is 372 g/mol. The highest BCUT2D eigenvalue weighted by atomic mass is 79.9. The normalized spacial score (nSPS) is 24.0. The number of benzene rings is 1. The lowest BCUT2D eigenvalue weighted by molar-refractivity contribution is 0.406. The summed E-state index contributed by atoms with van der Waals surface area (Å²) in [5.74, 6) is -1.36. The van der Waals surface area contributed by atoms with E-state index in [1.54, 1.807) is 0 Å². The molecule has 0 aromatic heterocycles. The summed E-state index contributed by atoms with van der Waals surface area (Å²) >= 11 is 0. The summed E-state index contributed by atoms with van der Waals surface area (Å²) < 4.78 is 26.8. The van der Waals surface area contributed by atoms with E-state index in [9.17, 15) is 13.9 Å². The van der Waals surface area contributed by atoms with Crippen LogP contribution in [0.25, 0.3) is 0 Å². The van der Waals surface area contributed by atoms with Crippen LogP contribution in [0, 0.1) is 23.5 Å². The number of hydrogen-bond acceptors (Lipinski definition) is 2. The maximum Gasteiger partial charge on any atom is 0.168 e. The van der Waals surface area contributed by atoms with Crippen molar-refractivity contribution in [1.29, 1.82) is 0 Å². The minimum absolute atomic E-state index is 0. The Morgan fingerprint density at radius 3 is 2.73 bits per heavy atom. The number of rotatable bonds is 3. The van der Waals surface area contributed by atoms with Crippen molar-refractivity contribution in [3.63, 3.8) is 0 Å². The summed E-state index contributed by atoms with van der Waals surface area (Å²) in [6.07, 6.45) is 9.17. The van der Waals surface area contributed by atoms with Crippen LogP contribution in [0.2, 0.25) is 0 Å². The third-order valence-corrected chi connectivity index (χ3v) is 4.38. The van der Waals surface area contributed by atoms with Gasteiger partial charge in [0.25, 0.3) is 0 Å². The van der Waals surface area contributed by atoms with Crippen LogP contribution in [0.3, 0.4) is 0 Å². The largest absolute Gasteiger partial charge is 0.505 e. The third-order valence-electron chi connectivity index (χ3n) is 4.38. The van der Waals surface area contributed by atoms with Gasteiger partial charge in [0.1, 0.15) is 5.82 Å². The Labute approximate surface area is 139 Å². The summed E-state index contributed by atoms with van der Waals surface area (Å²) in [4.78, 5) is 0. The zero-order valence-electron chi connectivity index (χ0n) is 12.2. The fourth-order valence-electron chi connectivity index (χ4n) is 3.30. The first kappa shape index (κ1) is 17.2. The number of allylic oxidation sites excluding steroid dienone is 3. The van der Waals surface area contributed by atoms with Gasteiger partial charge in [-0.1, -0.05) is 18.2 Å². The Bertz CT molecular complexity index is 601. The molecule has 2 aliphatic rings. The Kier molecular flexibility index (Phi) is 5.75. The minimum atomic E-state index is -0.885. The number of nitrogens with one attached hydrogen (secondary N) is 1. The SMILES string of the molecule is Br.Oc1c(F)cc(F)cc1CC1CNCC1C1=CCCC=C1. The van der Waals surface area contributed by atoms with E-state index < -0.39 is 17.4 Å². The summed E-state index contributed by atoms with van der Waals surface area (Å²) in [5.41, 5.74) is 1.65. The van der Waals surface area contributed by atoms with Gasteiger partial charge in [-0.15, -0.1) is 17.0 Å². The smallest absolute Gasteiger partial charge is 0.168 e. The molecule has 120 valence electrons. The molecule has 1 fully saturated rings.